The van der Waals surface area contributed by atoms with Crippen LogP contribution in [0.4, 0.5) is 5.69 Å². The molecule has 29 heavy (non-hydrogen) atoms. The number of anilines is 1. The number of amides is 1. The van der Waals surface area contributed by atoms with Crippen LogP contribution in [0.25, 0.3) is 6.08 Å². The number of hydrogen-bond donors (Lipinski definition) is 0. The van der Waals surface area contributed by atoms with Crippen LogP contribution < -0.4 is 19.1 Å². The van der Waals surface area contributed by atoms with E-state index in [1.165, 1.54) is 16.7 Å². The Balaban J connectivity index is 1.91. The van der Waals surface area contributed by atoms with Crippen molar-refractivity contribution in [3.8, 4) is 17.2 Å². The van der Waals surface area contributed by atoms with Crippen LogP contribution in [0, 0.1) is 0 Å². The van der Waals surface area contributed by atoms with Gasteiger partial charge in [-0.2, -0.15) is 0 Å². The fourth-order valence-electron chi connectivity index (χ4n) is 2.79. The molecule has 0 radical (unpaired) electrons. The predicted molar refractivity (Wildman–Crippen MR) is 122 cm³/mol. The van der Waals surface area contributed by atoms with Gasteiger partial charge >= 0.3 is 0 Å². The highest BCUT2D eigenvalue weighted by atomic mass is 32.2. The Kier molecular flexibility index (Phi) is 6.95. The SMILES string of the molecule is C=CCOc1c(/C=C2\SC(=S)N(c3ccc(OCC)cc3)C2=O)cccc1OC. The van der Waals surface area contributed by atoms with Gasteiger partial charge in [-0.15, -0.1) is 0 Å². The number of carbonyl (C=O) groups excluding carboxylic acids is 1. The highest BCUT2D eigenvalue weighted by Crippen LogP contribution is 2.39. The molecule has 0 aromatic heterocycles. The van der Waals surface area contributed by atoms with Crippen molar-refractivity contribution in [1.29, 1.82) is 0 Å². The Bertz CT molecular complexity index is 954. The number of para-hydroxylation sites is 1. The average molecular weight is 428 g/mol. The van der Waals surface area contributed by atoms with Gasteiger partial charge in [-0.1, -0.05) is 48.8 Å². The van der Waals surface area contributed by atoms with E-state index in [-0.39, 0.29) is 5.91 Å². The first-order valence-electron chi connectivity index (χ1n) is 9.00. The van der Waals surface area contributed by atoms with Crippen LogP contribution >= 0.6 is 24.0 Å². The van der Waals surface area contributed by atoms with Crippen molar-refractivity contribution in [2.24, 2.45) is 0 Å². The predicted octanol–water partition coefficient (Wildman–Crippen LogP) is 5.06. The molecule has 1 aliphatic heterocycles. The third kappa shape index (κ3) is 4.63. The minimum Gasteiger partial charge on any atom is -0.494 e. The van der Waals surface area contributed by atoms with Crippen LogP contribution in [0.3, 0.4) is 0 Å². The summed E-state index contributed by atoms with van der Waals surface area (Å²) in [5, 5.41) is 0. The lowest BCUT2D eigenvalue weighted by atomic mass is 10.1. The Labute approximate surface area is 179 Å². The maximum absolute atomic E-state index is 13.0. The van der Waals surface area contributed by atoms with E-state index in [9.17, 15) is 4.79 Å². The van der Waals surface area contributed by atoms with Crippen LogP contribution in [0.5, 0.6) is 17.2 Å². The topological polar surface area (TPSA) is 48.0 Å². The van der Waals surface area contributed by atoms with E-state index in [1.807, 2.05) is 43.3 Å². The number of thioether (sulfide) groups is 1. The van der Waals surface area contributed by atoms with E-state index in [0.29, 0.717) is 39.6 Å². The molecule has 1 amide bonds. The average Bonchev–Trinajstić information content (AvgIpc) is 3.00. The van der Waals surface area contributed by atoms with Crippen molar-refractivity contribution in [2.45, 2.75) is 6.92 Å². The van der Waals surface area contributed by atoms with E-state index < -0.39 is 0 Å². The van der Waals surface area contributed by atoms with Crippen molar-refractivity contribution in [3.05, 3.63) is 65.6 Å². The summed E-state index contributed by atoms with van der Waals surface area (Å²) in [6.45, 7) is 6.51. The number of rotatable bonds is 8. The van der Waals surface area contributed by atoms with Gasteiger partial charge in [0.25, 0.3) is 5.91 Å². The fourth-order valence-corrected chi connectivity index (χ4v) is 4.08. The number of methoxy groups -OCH3 is 1. The summed E-state index contributed by atoms with van der Waals surface area (Å²) in [5.41, 5.74) is 1.44. The van der Waals surface area contributed by atoms with E-state index >= 15 is 0 Å². The molecule has 1 aliphatic rings. The molecule has 0 atom stereocenters. The first kappa shape index (κ1) is 21.0. The van der Waals surface area contributed by atoms with E-state index in [0.717, 1.165) is 11.3 Å². The van der Waals surface area contributed by atoms with Crippen LogP contribution in [0.15, 0.2) is 60.0 Å². The van der Waals surface area contributed by atoms with Crippen molar-refractivity contribution >= 4 is 46.0 Å². The van der Waals surface area contributed by atoms with Gasteiger partial charge in [-0.25, -0.2) is 0 Å². The Morgan fingerprint density at radius 3 is 2.59 bits per heavy atom. The summed E-state index contributed by atoms with van der Waals surface area (Å²) >= 11 is 6.71. The molecule has 1 saturated heterocycles. The molecule has 7 heteroatoms. The minimum absolute atomic E-state index is 0.179. The molecule has 0 aliphatic carbocycles. The summed E-state index contributed by atoms with van der Waals surface area (Å²) in [4.78, 5) is 15.1. The monoisotopic (exact) mass is 427 g/mol. The van der Waals surface area contributed by atoms with E-state index in [4.69, 9.17) is 26.4 Å². The Morgan fingerprint density at radius 2 is 1.93 bits per heavy atom. The second-order valence-electron chi connectivity index (χ2n) is 5.92. The lowest BCUT2D eigenvalue weighted by molar-refractivity contribution is -0.113. The van der Waals surface area contributed by atoms with Gasteiger partial charge in [0, 0.05) is 5.56 Å². The van der Waals surface area contributed by atoms with Crippen LogP contribution in [0.1, 0.15) is 12.5 Å². The van der Waals surface area contributed by atoms with Gasteiger partial charge in [-0.3, -0.25) is 9.69 Å². The molecule has 0 spiro atoms. The normalized spacial score (nSPS) is 15.0. The maximum atomic E-state index is 13.0. The minimum atomic E-state index is -0.179. The lowest BCUT2D eigenvalue weighted by Gasteiger charge is -2.15. The van der Waals surface area contributed by atoms with Gasteiger partial charge < -0.3 is 14.2 Å². The zero-order chi connectivity index (χ0) is 20.8. The first-order valence-corrected chi connectivity index (χ1v) is 10.2. The highest BCUT2D eigenvalue weighted by molar-refractivity contribution is 8.27. The molecule has 1 fully saturated rings. The first-order chi connectivity index (χ1) is 14.1. The van der Waals surface area contributed by atoms with Crippen molar-refractivity contribution < 1.29 is 19.0 Å². The standard InChI is InChI=1S/C22H21NO4S2/c1-4-13-27-20-15(7-6-8-18(20)25-3)14-19-21(24)23(22(28)29-19)16-9-11-17(12-10-16)26-5-2/h4,6-12,14H,1,5,13H2,2-3H3/b19-14-. The smallest absolute Gasteiger partial charge is 0.270 e. The third-order valence-electron chi connectivity index (χ3n) is 4.06. The fraction of sp³-hybridized carbons (Fsp3) is 0.182. The molecular weight excluding hydrogens is 406 g/mol. The van der Waals surface area contributed by atoms with Gasteiger partial charge in [0.1, 0.15) is 12.4 Å². The molecule has 1 heterocycles. The Hall–Kier alpha value is -2.77. The second-order valence-corrected chi connectivity index (χ2v) is 7.60. The molecule has 0 bridgehead atoms. The molecular formula is C22H21NO4S2. The van der Waals surface area contributed by atoms with Crippen LogP contribution in [0.2, 0.25) is 0 Å². The van der Waals surface area contributed by atoms with E-state index in [1.54, 1.807) is 25.3 Å². The molecule has 0 saturated carbocycles. The molecule has 3 rings (SSSR count). The zero-order valence-electron chi connectivity index (χ0n) is 16.2. The largest absolute Gasteiger partial charge is 0.494 e. The molecule has 0 N–H and O–H groups in total. The number of carbonyl (C=O) groups is 1. The molecule has 150 valence electrons. The summed E-state index contributed by atoms with van der Waals surface area (Å²) < 4.78 is 17.1. The van der Waals surface area contributed by atoms with Crippen molar-refractivity contribution in [2.75, 3.05) is 25.2 Å². The summed E-state index contributed by atoms with van der Waals surface area (Å²) in [7, 11) is 1.57. The zero-order valence-corrected chi connectivity index (χ0v) is 17.8. The van der Waals surface area contributed by atoms with Crippen molar-refractivity contribution in [3.63, 3.8) is 0 Å². The van der Waals surface area contributed by atoms with Crippen LogP contribution in [-0.2, 0) is 4.79 Å². The van der Waals surface area contributed by atoms with Crippen LogP contribution in [-0.4, -0.2) is 30.6 Å². The van der Waals surface area contributed by atoms with Gasteiger partial charge in [0.2, 0.25) is 0 Å². The van der Waals surface area contributed by atoms with Gasteiger partial charge in [0.05, 0.1) is 24.3 Å². The van der Waals surface area contributed by atoms with E-state index in [2.05, 4.69) is 6.58 Å². The maximum Gasteiger partial charge on any atom is 0.270 e. The summed E-state index contributed by atoms with van der Waals surface area (Å²) in [6.07, 6.45) is 3.43. The third-order valence-corrected chi connectivity index (χ3v) is 5.36. The molecule has 0 unspecified atom stereocenters. The summed E-state index contributed by atoms with van der Waals surface area (Å²) in [6, 6.07) is 12.8. The van der Waals surface area contributed by atoms with Gasteiger partial charge in [0.15, 0.2) is 15.8 Å². The van der Waals surface area contributed by atoms with Gasteiger partial charge in [-0.05, 0) is 43.3 Å². The lowest BCUT2D eigenvalue weighted by Crippen LogP contribution is -2.27. The molecule has 2 aromatic carbocycles. The molecule has 5 nitrogen and oxygen atoms in total. The quantitative estimate of drug-likeness (QED) is 0.333. The number of ether oxygens (including phenoxy) is 3. The second kappa shape index (κ2) is 9.62. The number of nitrogens with zero attached hydrogens (tertiary/aromatic N) is 1. The number of benzene rings is 2. The summed E-state index contributed by atoms with van der Waals surface area (Å²) in [5.74, 6) is 1.71. The highest BCUT2D eigenvalue weighted by Gasteiger charge is 2.33. The Morgan fingerprint density at radius 1 is 1.17 bits per heavy atom. The number of thiocarbonyl (C=S) groups is 1. The molecule has 2 aromatic rings. The number of hydrogen-bond acceptors (Lipinski definition) is 6. The van der Waals surface area contributed by atoms with Crippen molar-refractivity contribution in [1.82, 2.24) is 0 Å².